The first-order chi connectivity index (χ1) is 13.0. The van der Waals surface area contributed by atoms with Crippen LogP contribution in [0, 0.1) is 29.6 Å². The van der Waals surface area contributed by atoms with Crippen LogP contribution in [0.15, 0.2) is 35.2 Å². The van der Waals surface area contributed by atoms with Crippen LogP contribution in [0.1, 0.15) is 44.9 Å². The highest BCUT2D eigenvalue weighted by Gasteiger charge is 2.49. The summed E-state index contributed by atoms with van der Waals surface area (Å²) in [5.74, 6) is 2.87. The average Bonchev–Trinajstić information content (AvgIpc) is 2.62. The molecular formula is C21H28N2O3S. The first kappa shape index (κ1) is 17.7. The normalized spacial score (nSPS) is 39.8. The van der Waals surface area contributed by atoms with Crippen LogP contribution < -0.4 is 10.0 Å². The lowest BCUT2D eigenvalue weighted by molar-refractivity contribution is -0.132. The van der Waals surface area contributed by atoms with E-state index in [9.17, 15) is 13.2 Å². The molecular weight excluding hydrogens is 360 g/mol. The highest BCUT2D eigenvalue weighted by atomic mass is 32.2. The van der Waals surface area contributed by atoms with Gasteiger partial charge in [0.05, 0.1) is 10.8 Å². The quantitative estimate of drug-likeness (QED) is 0.814. The zero-order valence-corrected chi connectivity index (χ0v) is 16.3. The van der Waals surface area contributed by atoms with Gasteiger partial charge < -0.3 is 5.32 Å². The van der Waals surface area contributed by atoms with E-state index in [0.717, 1.165) is 24.7 Å². The molecule has 0 aliphatic heterocycles. The standard InChI is InChI=1S/C21H28N2O3S/c24-21(22-20-15-9-13-8-14(11-15)12-16(20)10-13)18-6-7-19(18)23-27(25,26)17-4-2-1-3-5-17/h1-5,13-16,18-20,23H,6-12H2,(H,22,24). The molecule has 5 nitrogen and oxygen atoms in total. The lowest BCUT2D eigenvalue weighted by Gasteiger charge is -2.54. The number of carbonyl (C=O) groups is 1. The van der Waals surface area contributed by atoms with Crippen molar-refractivity contribution in [1.29, 1.82) is 0 Å². The minimum atomic E-state index is -3.57. The molecule has 5 aliphatic rings. The third kappa shape index (κ3) is 3.21. The van der Waals surface area contributed by atoms with E-state index in [0.29, 0.717) is 17.9 Å². The van der Waals surface area contributed by atoms with E-state index >= 15 is 0 Å². The highest BCUT2D eigenvalue weighted by molar-refractivity contribution is 7.89. The summed E-state index contributed by atoms with van der Waals surface area (Å²) in [6, 6.07) is 8.43. The fraction of sp³-hybridized carbons (Fsp3) is 0.667. The van der Waals surface area contributed by atoms with Crippen molar-refractivity contribution in [2.45, 2.75) is 61.9 Å². The van der Waals surface area contributed by atoms with Gasteiger partial charge in [0.1, 0.15) is 0 Å². The van der Waals surface area contributed by atoms with Gasteiger partial charge in [-0.2, -0.15) is 0 Å². The van der Waals surface area contributed by atoms with Crippen LogP contribution in [-0.2, 0) is 14.8 Å². The Morgan fingerprint density at radius 1 is 0.889 bits per heavy atom. The molecule has 1 aromatic carbocycles. The van der Waals surface area contributed by atoms with Gasteiger partial charge in [0.25, 0.3) is 0 Å². The molecule has 6 heteroatoms. The SMILES string of the molecule is O=C(NC1C2CC3CC(C2)CC1C3)C1CCC1NS(=O)(=O)c1ccccc1. The van der Waals surface area contributed by atoms with Gasteiger partial charge in [0, 0.05) is 12.1 Å². The molecule has 4 bridgehead atoms. The van der Waals surface area contributed by atoms with E-state index in [2.05, 4.69) is 10.0 Å². The molecule has 0 spiro atoms. The zero-order chi connectivity index (χ0) is 18.6. The van der Waals surface area contributed by atoms with Gasteiger partial charge >= 0.3 is 0 Å². The molecule has 0 radical (unpaired) electrons. The molecule has 0 aromatic heterocycles. The first-order valence-electron chi connectivity index (χ1n) is 10.4. The Morgan fingerprint density at radius 2 is 1.52 bits per heavy atom. The third-order valence-electron chi connectivity index (χ3n) is 7.51. The molecule has 6 rings (SSSR count). The van der Waals surface area contributed by atoms with Gasteiger partial charge in [-0.25, -0.2) is 13.1 Å². The number of carbonyl (C=O) groups excluding carboxylic acids is 1. The van der Waals surface area contributed by atoms with Gasteiger partial charge in [-0.05, 0) is 80.8 Å². The molecule has 0 saturated heterocycles. The van der Waals surface area contributed by atoms with Gasteiger partial charge in [0.2, 0.25) is 15.9 Å². The monoisotopic (exact) mass is 388 g/mol. The minimum Gasteiger partial charge on any atom is -0.353 e. The third-order valence-corrected chi connectivity index (χ3v) is 9.01. The summed E-state index contributed by atoms with van der Waals surface area (Å²) in [4.78, 5) is 13.2. The van der Waals surface area contributed by atoms with Crippen LogP contribution in [0.2, 0.25) is 0 Å². The van der Waals surface area contributed by atoms with E-state index in [1.165, 1.54) is 32.1 Å². The Balaban J connectivity index is 1.23. The molecule has 1 aromatic rings. The van der Waals surface area contributed by atoms with Crippen molar-refractivity contribution >= 4 is 15.9 Å². The van der Waals surface area contributed by atoms with Gasteiger partial charge in [-0.15, -0.1) is 0 Å². The van der Waals surface area contributed by atoms with Crippen LogP contribution in [0.5, 0.6) is 0 Å². The second-order valence-corrected chi connectivity index (χ2v) is 10.9. The Labute approximate surface area is 161 Å². The summed E-state index contributed by atoms with van der Waals surface area (Å²) in [6.45, 7) is 0. The molecule has 146 valence electrons. The van der Waals surface area contributed by atoms with E-state index in [1.807, 2.05) is 0 Å². The molecule has 1 amide bonds. The molecule has 2 N–H and O–H groups in total. The molecule has 5 aliphatic carbocycles. The zero-order valence-electron chi connectivity index (χ0n) is 15.5. The lowest BCUT2D eigenvalue weighted by atomic mass is 9.54. The number of hydrogen-bond acceptors (Lipinski definition) is 3. The van der Waals surface area contributed by atoms with E-state index in [-0.39, 0.29) is 22.8 Å². The van der Waals surface area contributed by atoms with Crippen LogP contribution in [0.25, 0.3) is 0 Å². The summed E-state index contributed by atoms with van der Waals surface area (Å²) >= 11 is 0. The van der Waals surface area contributed by atoms with Crippen LogP contribution in [-0.4, -0.2) is 26.4 Å². The molecule has 2 unspecified atom stereocenters. The number of nitrogens with one attached hydrogen (secondary N) is 2. The van der Waals surface area contributed by atoms with Crippen LogP contribution >= 0.6 is 0 Å². The molecule has 27 heavy (non-hydrogen) atoms. The van der Waals surface area contributed by atoms with Crippen molar-refractivity contribution in [2.75, 3.05) is 0 Å². The van der Waals surface area contributed by atoms with Crippen molar-refractivity contribution in [2.24, 2.45) is 29.6 Å². The summed E-state index contributed by atoms with van der Waals surface area (Å²) < 4.78 is 27.9. The van der Waals surface area contributed by atoms with Crippen molar-refractivity contribution in [1.82, 2.24) is 10.0 Å². The fourth-order valence-corrected chi connectivity index (χ4v) is 7.59. The van der Waals surface area contributed by atoms with Crippen molar-refractivity contribution in [3.05, 3.63) is 30.3 Å². The first-order valence-corrected chi connectivity index (χ1v) is 11.9. The number of rotatable bonds is 5. The summed E-state index contributed by atoms with van der Waals surface area (Å²) in [5, 5.41) is 3.35. The predicted molar refractivity (Wildman–Crippen MR) is 102 cm³/mol. The molecule has 2 atom stereocenters. The largest absolute Gasteiger partial charge is 0.353 e. The molecule has 5 fully saturated rings. The Morgan fingerprint density at radius 3 is 2.07 bits per heavy atom. The number of sulfonamides is 1. The number of amides is 1. The van der Waals surface area contributed by atoms with E-state index < -0.39 is 10.0 Å². The number of benzene rings is 1. The maximum atomic E-state index is 12.9. The van der Waals surface area contributed by atoms with E-state index in [1.54, 1.807) is 30.3 Å². The number of hydrogen-bond donors (Lipinski definition) is 2. The predicted octanol–water partition coefficient (Wildman–Crippen LogP) is 2.68. The Hall–Kier alpha value is -1.40. The molecule has 5 saturated carbocycles. The maximum absolute atomic E-state index is 12.9. The van der Waals surface area contributed by atoms with E-state index in [4.69, 9.17) is 0 Å². The summed E-state index contributed by atoms with van der Waals surface area (Å²) in [7, 11) is -3.57. The van der Waals surface area contributed by atoms with Gasteiger partial charge in [-0.1, -0.05) is 18.2 Å². The van der Waals surface area contributed by atoms with Crippen molar-refractivity contribution in [3.63, 3.8) is 0 Å². The lowest BCUT2D eigenvalue weighted by Crippen LogP contribution is -2.60. The van der Waals surface area contributed by atoms with Gasteiger partial charge in [0.15, 0.2) is 0 Å². The van der Waals surface area contributed by atoms with Crippen molar-refractivity contribution in [3.8, 4) is 0 Å². The average molecular weight is 389 g/mol. The fourth-order valence-electron chi connectivity index (χ4n) is 6.25. The maximum Gasteiger partial charge on any atom is 0.240 e. The topological polar surface area (TPSA) is 75.3 Å². The second kappa shape index (κ2) is 6.59. The van der Waals surface area contributed by atoms with Gasteiger partial charge in [-0.3, -0.25) is 4.79 Å². The summed E-state index contributed by atoms with van der Waals surface area (Å²) in [5.41, 5.74) is 0. The van der Waals surface area contributed by atoms with Crippen LogP contribution in [0.3, 0.4) is 0 Å². The Bertz CT molecular complexity index is 795. The summed E-state index contributed by atoms with van der Waals surface area (Å²) in [6.07, 6.45) is 7.98. The second-order valence-electron chi connectivity index (χ2n) is 9.19. The van der Waals surface area contributed by atoms with Crippen molar-refractivity contribution < 1.29 is 13.2 Å². The smallest absolute Gasteiger partial charge is 0.240 e. The minimum absolute atomic E-state index is 0.0551. The van der Waals surface area contributed by atoms with Crippen LogP contribution in [0.4, 0.5) is 0 Å². The molecule has 0 heterocycles. The highest BCUT2D eigenvalue weighted by Crippen LogP contribution is 2.53. The Kier molecular flexibility index (Phi) is 4.32.